The van der Waals surface area contributed by atoms with Crippen LogP contribution >= 0.6 is 29.3 Å². The van der Waals surface area contributed by atoms with Crippen molar-refractivity contribution in [2.24, 2.45) is 0 Å². The normalized spacial score (nSPS) is 29.5. The number of nitrogens with one attached hydrogen (secondary N) is 1. The maximum atomic E-state index is 12.6. The van der Waals surface area contributed by atoms with Gasteiger partial charge >= 0.3 is 0 Å². The fourth-order valence-electron chi connectivity index (χ4n) is 3.90. The summed E-state index contributed by atoms with van der Waals surface area (Å²) in [6.45, 7) is 6.10. The van der Waals surface area contributed by atoms with E-state index in [1.165, 1.54) is 6.33 Å². The van der Waals surface area contributed by atoms with Crippen molar-refractivity contribution in [2.45, 2.75) is 62.5 Å². The number of carbonyl (C=O) groups excluding carboxylic acids is 1. The molecule has 1 N–H and O–H groups in total. The number of carbonyl (C=O) groups is 1. The highest BCUT2D eigenvalue weighted by molar-refractivity contribution is 8.88. The van der Waals surface area contributed by atoms with Gasteiger partial charge in [-0.1, -0.05) is 61.7 Å². The van der Waals surface area contributed by atoms with Crippen LogP contribution in [-0.4, -0.2) is 48.1 Å². The Balaban J connectivity index is 1.34. The number of imidazole rings is 1. The van der Waals surface area contributed by atoms with Gasteiger partial charge in [0.05, 0.1) is 18.5 Å². The molecule has 3 unspecified atom stereocenters. The Morgan fingerprint density at radius 2 is 1.97 bits per heavy atom. The molecule has 174 valence electrons. The summed E-state index contributed by atoms with van der Waals surface area (Å²) in [4.78, 5) is 25.8. The molecule has 2 saturated heterocycles. The second-order valence-electron chi connectivity index (χ2n) is 8.13. The summed E-state index contributed by atoms with van der Waals surface area (Å²) in [6, 6.07) is 9.03. The third kappa shape index (κ3) is 4.77. The fourth-order valence-corrected chi connectivity index (χ4v) is 12.9. The second-order valence-corrected chi connectivity index (χ2v) is 14.6. The first-order chi connectivity index (χ1) is 16.0. The monoisotopic (exact) mass is 503 g/mol. The fraction of sp³-hybridized carbons (Fsp3) is 0.455. The first-order valence-corrected chi connectivity index (χ1v) is 15.3. The zero-order chi connectivity index (χ0) is 22.9. The zero-order valence-corrected chi connectivity index (χ0v) is 21.1. The Hall–Kier alpha value is -1.71. The van der Waals surface area contributed by atoms with Crippen LogP contribution in [0.4, 0.5) is 5.82 Å². The number of amides is 1. The van der Waals surface area contributed by atoms with E-state index in [-0.39, 0.29) is 24.3 Å². The molecule has 1 amide bonds. The van der Waals surface area contributed by atoms with Gasteiger partial charge in [0.25, 0.3) is 5.91 Å². The van der Waals surface area contributed by atoms with Crippen molar-refractivity contribution in [3.8, 4) is 0 Å². The van der Waals surface area contributed by atoms with Crippen LogP contribution in [0, 0.1) is 0 Å². The van der Waals surface area contributed by atoms with E-state index in [1.54, 1.807) is 18.5 Å². The second kappa shape index (κ2) is 9.88. The average molecular weight is 504 g/mol. The molecule has 3 aromatic rings. The number of aromatic nitrogens is 4. The third-order valence-corrected chi connectivity index (χ3v) is 13.4. The molecule has 8 nitrogen and oxygen atoms in total. The summed E-state index contributed by atoms with van der Waals surface area (Å²) in [5.41, 5.74) is 1.73. The van der Waals surface area contributed by atoms with E-state index in [0.29, 0.717) is 33.0 Å². The molecule has 0 bridgehead atoms. The lowest BCUT2D eigenvalue weighted by Crippen LogP contribution is -2.21. The van der Waals surface area contributed by atoms with Gasteiger partial charge in [-0.25, -0.2) is 15.0 Å². The van der Waals surface area contributed by atoms with Gasteiger partial charge in [-0.2, -0.15) is 0 Å². The minimum Gasteiger partial charge on any atom is -0.352 e. The number of ether oxygens (including phenoxy) is 1. The highest BCUT2D eigenvalue weighted by atomic mass is 33.1. The molecule has 2 aliphatic heterocycles. The van der Waals surface area contributed by atoms with Gasteiger partial charge in [0.15, 0.2) is 23.5 Å². The molecular weight excluding hydrogens is 477 g/mol. The van der Waals surface area contributed by atoms with Crippen LogP contribution in [0.1, 0.15) is 50.2 Å². The first kappa shape index (κ1) is 23.1. The highest BCUT2D eigenvalue weighted by Gasteiger charge is 2.41. The number of hydrogen-bond donors (Lipinski definition) is 1. The van der Waals surface area contributed by atoms with Crippen molar-refractivity contribution in [3.63, 3.8) is 0 Å². The van der Waals surface area contributed by atoms with Gasteiger partial charge in [0.1, 0.15) is 12.6 Å². The van der Waals surface area contributed by atoms with E-state index in [2.05, 4.69) is 41.0 Å². The SMILES string of the molecule is CC[C@H]1O[C@@H](n2cnc3c(NC(=O)c4ccccc4)ncnc32)CC1OP1SC(C)C(C)S1. The molecule has 5 atom stereocenters. The number of rotatable bonds is 6. The summed E-state index contributed by atoms with van der Waals surface area (Å²) >= 11 is 3.90. The largest absolute Gasteiger partial charge is 0.352 e. The molecule has 33 heavy (non-hydrogen) atoms. The number of benzene rings is 1. The van der Waals surface area contributed by atoms with Crippen molar-refractivity contribution < 1.29 is 14.1 Å². The summed E-state index contributed by atoms with van der Waals surface area (Å²) in [6.07, 6.45) is 4.62. The lowest BCUT2D eigenvalue weighted by Gasteiger charge is -2.19. The zero-order valence-electron chi connectivity index (χ0n) is 18.6. The van der Waals surface area contributed by atoms with Gasteiger partial charge in [0.2, 0.25) is 0 Å². The molecular formula is C22H26N5O3PS2. The molecule has 2 aromatic heterocycles. The van der Waals surface area contributed by atoms with Crippen LogP contribution in [0.5, 0.6) is 0 Å². The maximum Gasteiger partial charge on any atom is 0.256 e. The Labute approximate surface area is 202 Å². The highest BCUT2D eigenvalue weighted by Crippen LogP contribution is 2.72. The summed E-state index contributed by atoms with van der Waals surface area (Å²) in [7, 11) is 0. The Bertz CT molecular complexity index is 1120. The van der Waals surface area contributed by atoms with E-state index in [0.717, 1.165) is 12.8 Å². The molecule has 0 saturated carbocycles. The van der Waals surface area contributed by atoms with Crippen molar-refractivity contribution in [1.82, 2.24) is 19.5 Å². The van der Waals surface area contributed by atoms with Gasteiger partial charge in [0, 0.05) is 22.5 Å². The molecule has 4 heterocycles. The molecule has 2 aliphatic rings. The Morgan fingerprint density at radius 3 is 2.70 bits per heavy atom. The van der Waals surface area contributed by atoms with Gasteiger partial charge in [-0.05, 0) is 18.6 Å². The predicted octanol–water partition coefficient (Wildman–Crippen LogP) is 5.65. The third-order valence-electron chi connectivity index (χ3n) is 5.91. The smallest absolute Gasteiger partial charge is 0.256 e. The van der Waals surface area contributed by atoms with Gasteiger partial charge < -0.3 is 14.6 Å². The predicted molar refractivity (Wildman–Crippen MR) is 134 cm³/mol. The molecule has 11 heteroatoms. The lowest BCUT2D eigenvalue weighted by atomic mass is 10.1. The standard InChI is InChI=1S/C22H26N5O3PS2/c1-4-16-17(30-31-32-13(2)14(3)33-31)10-18(29-16)27-12-25-19-20(23-11-24-21(19)27)26-22(28)15-8-6-5-7-9-15/h5-9,11-14,16-18H,4,10H2,1-3H3,(H,23,24,26,28)/t13?,14?,16-,17?,18-,31?/m1/s1. The summed E-state index contributed by atoms with van der Waals surface area (Å²) < 4.78 is 14.8. The molecule has 0 aliphatic carbocycles. The van der Waals surface area contributed by atoms with Crippen LogP contribution in [0.2, 0.25) is 0 Å². The van der Waals surface area contributed by atoms with Gasteiger partial charge in [-0.3, -0.25) is 9.36 Å². The van der Waals surface area contributed by atoms with Crippen molar-refractivity contribution in [2.75, 3.05) is 5.32 Å². The molecule has 2 fully saturated rings. The van der Waals surface area contributed by atoms with Crippen LogP contribution in [0.25, 0.3) is 11.2 Å². The van der Waals surface area contributed by atoms with Crippen molar-refractivity contribution >= 4 is 52.2 Å². The van der Waals surface area contributed by atoms with Crippen molar-refractivity contribution in [1.29, 1.82) is 0 Å². The summed E-state index contributed by atoms with van der Waals surface area (Å²) in [5, 5.41) is 4.07. The molecule has 0 radical (unpaired) electrons. The molecule has 0 spiro atoms. The van der Waals surface area contributed by atoms with Crippen LogP contribution < -0.4 is 5.32 Å². The minimum absolute atomic E-state index is 0.0291. The van der Waals surface area contributed by atoms with Crippen LogP contribution in [0.3, 0.4) is 0 Å². The molecule has 1 aromatic carbocycles. The van der Waals surface area contributed by atoms with Crippen molar-refractivity contribution in [3.05, 3.63) is 48.5 Å². The quantitative estimate of drug-likeness (QED) is 0.432. The first-order valence-electron chi connectivity index (χ1n) is 11.0. The maximum absolute atomic E-state index is 12.6. The topological polar surface area (TPSA) is 91.2 Å². The van der Waals surface area contributed by atoms with E-state index in [4.69, 9.17) is 9.26 Å². The Kier molecular flexibility index (Phi) is 6.90. The number of nitrogens with zero attached hydrogens (tertiary/aromatic N) is 4. The minimum atomic E-state index is -0.560. The van der Waals surface area contributed by atoms with E-state index >= 15 is 0 Å². The Morgan fingerprint density at radius 1 is 1.21 bits per heavy atom. The van der Waals surface area contributed by atoms with E-state index in [9.17, 15) is 4.79 Å². The number of hydrogen-bond acceptors (Lipinski definition) is 8. The lowest BCUT2D eigenvalue weighted by molar-refractivity contribution is -0.0124. The van der Waals surface area contributed by atoms with Gasteiger partial charge in [-0.15, -0.1) is 0 Å². The summed E-state index contributed by atoms with van der Waals surface area (Å²) in [5.74, 6) is 0.148. The van der Waals surface area contributed by atoms with Crippen LogP contribution in [0.15, 0.2) is 43.0 Å². The molecule has 5 rings (SSSR count). The number of anilines is 1. The van der Waals surface area contributed by atoms with E-state index in [1.807, 2.05) is 45.5 Å². The number of fused-ring (bicyclic) bond motifs is 1. The van der Waals surface area contributed by atoms with Crippen LogP contribution in [-0.2, 0) is 9.26 Å². The van der Waals surface area contributed by atoms with E-state index < -0.39 is 6.55 Å². The average Bonchev–Trinajstić information content (AvgIpc) is 3.51.